The van der Waals surface area contributed by atoms with Gasteiger partial charge in [0.25, 0.3) is 5.91 Å². The van der Waals surface area contributed by atoms with Gasteiger partial charge in [0.15, 0.2) is 6.10 Å². The van der Waals surface area contributed by atoms with E-state index in [0.717, 1.165) is 16.6 Å². The molecule has 0 bridgehead atoms. The second-order valence-electron chi connectivity index (χ2n) is 5.71. The van der Waals surface area contributed by atoms with Crippen LogP contribution in [0.15, 0.2) is 48.7 Å². The minimum Gasteiger partial charge on any atom is -0.449 e. The third-order valence-corrected chi connectivity index (χ3v) is 4.04. The van der Waals surface area contributed by atoms with Crippen LogP contribution in [0.5, 0.6) is 0 Å². The van der Waals surface area contributed by atoms with Crippen molar-refractivity contribution in [1.29, 1.82) is 0 Å². The summed E-state index contributed by atoms with van der Waals surface area (Å²) in [7, 11) is 0. The largest absolute Gasteiger partial charge is 0.449 e. The fraction of sp³-hybridized carbons (Fsp3) is 0.158. The molecule has 0 spiro atoms. The Balaban J connectivity index is 1.76. The molecule has 1 unspecified atom stereocenters. The number of rotatable bonds is 4. The van der Waals surface area contributed by atoms with E-state index in [1.807, 2.05) is 31.2 Å². The highest BCUT2D eigenvalue weighted by Crippen LogP contribution is 2.23. The van der Waals surface area contributed by atoms with Gasteiger partial charge in [0.05, 0.1) is 16.8 Å². The molecule has 0 aliphatic carbocycles. The first kappa shape index (κ1) is 17.8. The van der Waals surface area contributed by atoms with E-state index in [0.29, 0.717) is 5.69 Å². The van der Waals surface area contributed by atoms with E-state index in [-0.39, 0.29) is 10.7 Å². The second kappa shape index (κ2) is 7.49. The summed E-state index contributed by atoms with van der Waals surface area (Å²) in [6.07, 6.45) is 0.456. The Bertz CT molecular complexity index is 991. The molecule has 0 radical (unpaired) electrons. The van der Waals surface area contributed by atoms with E-state index in [1.54, 1.807) is 12.1 Å². The Hall–Kier alpha value is -2.99. The molecule has 0 aliphatic heterocycles. The summed E-state index contributed by atoms with van der Waals surface area (Å²) in [5, 5.41) is 3.63. The van der Waals surface area contributed by atoms with Crippen molar-refractivity contribution < 1.29 is 14.3 Å². The van der Waals surface area contributed by atoms with Crippen molar-refractivity contribution in [3.05, 3.63) is 65.1 Å². The summed E-state index contributed by atoms with van der Waals surface area (Å²) in [4.78, 5) is 32.9. The van der Waals surface area contributed by atoms with E-state index >= 15 is 0 Å². The summed E-state index contributed by atoms with van der Waals surface area (Å²) in [5.74, 6) is -1.16. The fourth-order valence-electron chi connectivity index (χ4n) is 2.46. The van der Waals surface area contributed by atoms with Gasteiger partial charge in [-0.05, 0) is 38.1 Å². The lowest BCUT2D eigenvalue weighted by molar-refractivity contribution is -0.123. The molecule has 1 aromatic carbocycles. The number of benzene rings is 1. The molecule has 1 amide bonds. The van der Waals surface area contributed by atoms with E-state index in [1.165, 1.54) is 19.2 Å². The molecule has 2 heterocycles. The van der Waals surface area contributed by atoms with Crippen molar-refractivity contribution in [1.82, 2.24) is 9.97 Å². The number of hydrogen-bond donors (Lipinski definition) is 1. The van der Waals surface area contributed by atoms with Crippen molar-refractivity contribution in [2.45, 2.75) is 20.0 Å². The van der Waals surface area contributed by atoms with Crippen LogP contribution in [0, 0.1) is 6.92 Å². The monoisotopic (exact) mass is 369 g/mol. The Kier molecular flexibility index (Phi) is 5.14. The molecule has 1 N–H and O–H groups in total. The maximum Gasteiger partial charge on any atom is 0.342 e. The molecule has 26 heavy (non-hydrogen) atoms. The molecule has 6 nitrogen and oxygen atoms in total. The normalized spacial score (nSPS) is 11.8. The molecule has 0 fully saturated rings. The number of aromatic nitrogens is 2. The number of anilines is 1. The van der Waals surface area contributed by atoms with Crippen molar-refractivity contribution in [2.75, 3.05) is 5.32 Å². The maximum atomic E-state index is 12.5. The Morgan fingerprint density at radius 3 is 2.73 bits per heavy atom. The van der Waals surface area contributed by atoms with E-state index < -0.39 is 18.0 Å². The van der Waals surface area contributed by atoms with Gasteiger partial charge < -0.3 is 10.1 Å². The van der Waals surface area contributed by atoms with Crippen molar-refractivity contribution in [3.63, 3.8) is 0 Å². The van der Waals surface area contributed by atoms with E-state index in [9.17, 15) is 9.59 Å². The molecule has 0 aliphatic rings. The van der Waals surface area contributed by atoms with Crippen LogP contribution in [0.3, 0.4) is 0 Å². The number of nitrogens with one attached hydrogen (secondary N) is 1. The van der Waals surface area contributed by atoms with E-state index in [4.69, 9.17) is 16.3 Å². The van der Waals surface area contributed by atoms with Gasteiger partial charge in [-0.2, -0.15) is 0 Å². The summed E-state index contributed by atoms with van der Waals surface area (Å²) in [6, 6.07) is 12.3. The number of carbonyl (C=O) groups is 2. The quantitative estimate of drug-likeness (QED) is 0.559. The second-order valence-corrected chi connectivity index (χ2v) is 6.06. The number of ether oxygens (including phenoxy) is 1. The lowest BCUT2D eigenvalue weighted by Gasteiger charge is -2.15. The summed E-state index contributed by atoms with van der Waals surface area (Å²) in [5.41, 5.74) is 2.26. The first-order valence-electron chi connectivity index (χ1n) is 7.94. The topological polar surface area (TPSA) is 81.2 Å². The van der Waals surface area contributed by atoms with Crippen LogP contribution in [0.1, 0.15) is 23.0 Å². The predicted molar refractivity (Wildman–Crippen MR) is 99.2 cm³/mol. The number of pyridine rings is 2. The van der Waals surface area contributed by atoms with Crippen LogP contribution in [0.4, 0.5) is 5.69 Å². The van der Waals surface area contributed by atoms with Gasteiger partial charge in [0.2, 0.25) is 0 Å². The number of nitrogens with zero attached hydrogens (tertiary/aromatic N) is 2. The van der Waals surface area contributed by atoms with Crippen molar-refractivity contribution in [3.8, 4) is 0 Å². The minimum absolute atomic E-state index is 0.0286. The highest BCUT2D eigenvalue weighted by Gasteiger charge is 2.21. The Labute approximate surface area is 155 Å². The average molecular weight is 370 g/mol. The number of aryl methyl sites for hydroxylation is 1. The fourth-order valence-corrected chi connectivity index (χ4v) is 2.66. The Morgan fingerprint density at radius 2 is 1.96 bits per heavy atom. The highest BCUT2D eigenvalue weighted by atomic mass is 35.5. The van der Waals surface area contributed by atoms with Gasteiger partial charge in [0.1, 0.15) is 5.15 Å². The molecule has 0 saturated heterocycles. The lowest BCUT2D eigenvalue weighted by atomic mass is 10.1. The molecule has 132 valence electrons. The highest BCUT2D eigenvalue weighted by molar-refractivity contribution is 6.32. The van der Waals surface area contributed by atoms with Crippen molar-refractivity contribution in [2.24, 2.45) is 0 Å². The van der Waals surface area contributed by atoms with Gasteiger partial charge >= 0.3 is 5.97 Å². The maximum absolute atomic E-state index is 12.5. The van der Waals surface area contributed by atoms with Gasteiger partial charge in [-0.1, -0.05) is 29.8 Å². The lowest BCUT2D eigenvalue weighted by Crippen LogP contribution is -2.30. The average Bonchev–Trinajstić information content (AvgIpc) is 2.61. The molecule has 0 saturated carbocycles. The summed E-state index contributed by atoms with van der Waals surface area (Å²) in [6.45, 7) is 3.34. The number of amides is 1. The van der Waals surface area contributed by atoms with Gasteiger partial charge in [-0.3, -0.25) is 9.78 Å². The van der Waals surface area contributed by atoms with Crippen molar-refractivity contribution >= 4 is 40.1 Å². The molecular formula is C19H16ClN3O3. The van der Waals surface area contributed by atoms with Gasteiger partial charge in [0, 0.05) is 17.3 Å². The number of esters is 1. The molecule has 7 heteroatoms. The molecule has 1 atom stereocenters. The first-order chi connectivity index (χ1) is 12.5. The van der Waals surface area contributed by atoms with Gasteiger partial charge in [-0.25, -0.2) is 9.78 Å². The third kappa shape index (κ3) is 3.81. The molecule has 2 aromatic heterocycles. The van der Waals surface area contributed by atoms with Crippen LogP contribution in [-0.2, 0) is 9.53 Å². The van der Waals surface area contributed by atoms with Crippen LogP contribution in [0.25, 0.3) is 10.9 Å². The first-order valence-corrected chi connectivity index (χ1v) is 8.32. The number of para-hydroxylation sites is 1. The number of carbonyl (C=O) groups excluding carboxylic acids is 2. The SMILES string of the molecule is Cc1cc(NC(=O)C(C)OC(=O)c2cccnc2Cl)c2ccccc2n1. The van der Waals surface area contributed by atoms with Crippen LogP contribution >= 0.6 is 11.6 Å². The standard InChI is InChI=1S/C19H16ClN3O3/c1-11-10-16(13-6-3-4-8-15(13)22-11)23-18(24)12(2)26-19(25)14-7-5-9-21-17(14)20/h3-10,12H,1-2H3,(H,22,23,24). The predicted octanol–water partition coefficient (Wildman–Crippen LogP) is 3.78. The zero-order valence-corrected chi connectivity index (χ0v) is 14.9. The third-order valence-electron chi connectivity index (χ3n) is 3.73. The van der Waals surface area contributed by atoms with Crippen LogP contribution < -0.4 is 5.32 Å². The zero-order chi connectivity index (χ0) is 18.7. The summed E-state index contributed by atoms with van der Waals surface area (Å²) >= 11 is 5.88. The number of fused-ring (bicyclic) bond motifs is 1. The summed E-state index contributed by atoms with van der Waals surface area (Å²) < 4.78 is 5.20. The van der Waals surface area contributed by atoms with Crippen LogP contribution in [0.2, 0.25) is 5.15 Å². The molecular weight excluding hydrogens is 354 g/mol. The number of halogens is 1. The van der Waals surface area contributed by atoms with E-state index in [2.05, 4.69) is 15.3 Å². The molecule has 3 rings (SSSR count). The minimum atomic E-state index is -1.01. The van der Waals surface area contributed by atoms with Gasteiger partial charge in [-0.15, -0.1) is 0 Å². The van der Waals surface area contributed by atoms with Crippen LogP contribution in [-0.4, -0.2) is 27.9 Å². The zero-order valence-electron chi connectivity index (χ0n) is 14.2. The Morgan fingerprint density at radius 1 is 1.19 bits per heavy atom. The molecule has 3 aromatic rings. The smallest absolute Gasteiger partial charge is 0.342 e. The number of hydrogen-bond acceptors (Lipinski definition) is 5.